The minimum Gasteiger partial charge on any atom is -0.496 e. The number of nitrogens with one attached hydrogen (secondary N) is 1. The Morgan fingerprint density at radius 3 is 2.58 bits per heavy atom. The van der Waals surface area contributed by atoms with Crippen LogP contribution in [0.25, 0.3) is 0 Å². The van der Waals surface area contributed by atoms with E-state index in [2.05, 4.69) is 4.72 Å². The standard InChI is InChI=1S/C22H23FN2O4S2/c1-3-24-31(27,28)18-10-11-20(23)19(13-18)22(26)25(15-17-8-6-12-30-17)14-16-7-4-5-9-21(16)29-2/h4-13,24H,3,14-15H2,1-2H3. The molecule has 31 heavy (non-hydrogen) atoms. The van der Waals surface area contributed by atoms with E-state index in [4.69, 9.17) is 4.74 Å². The van der Waals surface area contributed by atoms with Crippen molar-refractivity contribution < 1.29 is 22.3 Å². The van der Waals surface area contributed by atoms with Crippen LogP contribution in [0, 0.1) is 5.82 Å². The van der Waals surface area contributed by atoms with E-state index in [0.29, 0.717) is 5.75 Å². The molecule has 2 aromatic carbocycles. The summed E-state index contributed by atoms with van der Waals surface area (Å²) in [5.74, 6) is -0.780. The van der Waals surface area contributed by atoms with Gasteiger partial charge in [0.05, 0.1) is 30.7 Å². The molecule has 9 heteroatoms. The molecule has 0 unspecified atom stereocenters. The van der Waals surface area contributed by atoms with Crippen LogP contribution in [0.3, 0.4) is 0 Å². The lowest BCUT2D eigenvalue weighted by atomic mass is 10.1. The van der Waals surface area contributed by atoms with Crippen molar-refractivity contribution in [3.63, 3.8) is 0 Å². The number of ether oxygens (including phenoxy) is 1. The van der Waals surface area contributed by atoms with Gasteiger partial charge in [-0.15, -0.1) is 11.3 Å². The molecule has 0 spiro atoms. The number of amides is 1. The van der Waals surface area contributed by atoms with Gasteiger partial charge in [-0.1, -0.05) is 31.2 Å². The van der Waals surface area contributed by atoms with Crippen LogP contribution in [-0.2, 0) is 23.1 Å². The maximum absolute atomic E-state index is 14.6. The van der Waals surface area contributed by atoms with Gasteiger partial charge < -0.3 is 9.64 Å². The number of benzene rings is 2. The molecule has 1 N–H and O–H groups in total. The molecule has 0 fully saturated rings. The van der Waals surface area contributed by atoms with Crippen LogP contribution < -0.4 is 9.46 Å². The second-order valence-electron chi connectivity index (χ2n) is 6.70. The summed E-state index contributed by atoms with van der Waals surface area (Å²) >= 11 is 1.48. The Labute approximate surface area is 185 Å². The molecule has 0 bridgehead atoms. The highest BCUT2D eigenvalue weighted by molar-refractivity contribution is 7.89. The molecular weight excluding hydrogens is 439 g/mol. The van der Waals surface area contributed by atoms with Gasteiger partial charge in [-0.05, 0) is 35.7 Å². The molecule has 0 aliphatic heterocycles. The number of nitrogens with zero attached hydrogens (tertiary/aromatic N) is 1. The van der Waals surface area contributed by atoms with Gasteiger partial charge in [0.15, 0.2) is 0 Å². The van der Waals surface area contributed by atoms with Crippen molar-refractivity contribution in [1.82, 2.24) is 9.62 Å². The van der Waals surface area contributed by atoms with Crippen LogP contribution in [0.1, 0.15) is 27.7 Å². The number of para-hydroxylation sites is 1. The quantitative estimate of drug-likeness (QED) is 0.521. The van der Waals surface area contributed by atoms with Crippen molar-refractivity contribution in [2.24, 2.45) is 0 Å². The Hall–Kier alpha value is -2.75. The van der Waals surface area contributed by atoms with Gasteiger partial charge in [0.2, 0.25) is 10.0 Å². The largest absolute Gasteiger partial charge is 0.496 e. The summed E-state index contributed by atoms with van der Waals surface area (Å²) in [5, 5.41) is 1.89. The van der Waals surface area contributed by atoms with Crippen molar-refractivity contribution >= 4 is 27.3 Å². The number of rotatable bonds is 9. The molecule has 1 aromatic heterocycles. The molecule has 1 heterocycles. The van der Waals surface area contributed by atoms with Crippen molar-refractivity contribution in [2.75, 3.05) is 13.7 Å². The van der Waals surface area contributed by atoms with Gasteiger partial charge in [-0.3, -0.25) is 4.79 Å². The number of sulfonamides is 1. The lowest BCUT2D eigenvalue weighted by molar-refractivity contribution is 0.0725. The maximum Gasteiger partial charge on any atom is 0.257 e. The van der Waals surface area contributed by atoms with Crippen molar-refractivity contribution in [2.45, 2.75) is 24.9 Å². The molecule has 3 rings (SSSR count). The Morgan fingerprint density at radius 1 is 1.13 bits per heavy atom. The number of halogens is 1. The minimum atomic E-state index is -3.83. The van der Waals surface area contributed by atoms with Crippen molar-refractivity contribution in [3.05, 3.63) is 81.8 Å². The first kappa shape index (κ1) is 22.9. The van der Waals surface area contributed by atoms with Gasteiger partial charge >= 0.3 is 0 Å². The molecule has 164 valence electrons. The molecule has 0 atom stereocenters. The SMILES string of the molecule is CCNS(=O)(=O)c1ccc(F)c(C(=O)N(Cc2cccs2)Cc2ccccc2OC)c1. The molecule has 0 aliphatic rings. The summed E-state index contributed by atoms with van der Waals surface area (Å²) in [6.07, 6.45) is 0. The van der Waals surface area contributed by atoms with Gasteiger partial charge in [0.1, 0.15) is 11.6 Å². The van der Waals surface area contributed by atoms with Gasteiger partial charge in [-0.2, -0.15) is 0 Å². The zero-order valence-corrected chi connectivity index (χ0v) is 18.8. The Kier molecular flexibility index (Phi) is 7.42. The third kappa shape index (κ3) is 5.49. The number of methoxy groups -OCH3 is 1. The fraction of sp³-hybridized carbons (Fsp3) is 0.227. The first-order chi connectivity index (χ1) is 14.9. The normalized spacial score (nSPS) is 11.3. The number of hydrogen-bond donors (Lipinski definition) is 1. The topological polar surface area (TPSA) is 75.7 Å². The van der Waals surface area contributed by atoms with E-state index in [-0.39, 0.29) is 30.1 Å². The van der Waals surface area contributed by atoms with Crippen LogP contribution in [0.2, 0.25) is 0 Å². The van der Waals surface area contributed by atoms with Gasteiger partial charge in [0, 0.05) is 17.0 Å². The highest BCUT2D eigenvalue weighted by Gasteiger charge is 2.24. The molecule has 6 nitrogen and oxygen atoms in total. The zero-order valence-electron chi connectivity index (χ0n) is 17.2. The molecule has 0 aliphatic carbocycles. The molecule has 3 aromatic rings. The number of carbonyl (C=O) groups excluding carboxylic acids is 1. The molecule has 0 radical (unpaired) electrons. The smallest absolute Gasteiger partial charge is 0.257 e. The molecular formula is C22H23FN2O4S2. The van der Waals surface area contributed by atoms with Crippen molar-refractivity contribution in [1.29, 1.82) is 0 Å². The van der Waals surface area contributed by atoms with Crippen LogP contribution in [0.15, 0.2) is 64.9 Å². The fourth-order valence-corrected chi connectivity index (χ4v) is 4.89. The number of thiophene rings is 1. The average Bonchev–Trinajstić information content (AvgIpc) is 3.26. The predicted molar refractivity (Wildman–Crippen MR) is 118 cm³/mol. The second-order valence-corrected chi connectivity index (χ2v) is 9.49. The summed E-state index contributed by atoms with van der Waals surface area (Å²) in [4.78, 5) is 15.6. The van der Waals surface area contributed by atoms with Crippen molar-refractivity contribution in [3.8, 4) is 5.75 Å². The lowest BCUT2D eigenvalue weighted by Crippen LogP contribution is -2.31. The first-order valence-electron chi connectivity index (χ1n) is 9.58. The fourth-order valence-electron chi connectivity index (χ4n) is 3.11. The van der Waals surface area contributed by atoms with Crippen LogP contribution in [0.4, 0.5) is 4.39 Å². The van der Waals surface area contributed by atoms with E-state index < -0.39 is 21.7 Å². The summed E-state index contributed by atoms with van der Waals surface area (Å²) in [5.41, 5.74) is 0.456. The average molecular weight is 463 g/mol. The minimum absolute atomic E-state index is 0.160. The third-order valence-corrected chi connectivity index (χ3v) is 6.99. The summed E-state index contributed by atoms with van der Waals surface area (Å²) in [6, 6.07) is 14.3. The van der Waals surface area contributed by atoms with Gasteiger partial charge in [-0.25, -0.2) is 17.5 Å². The van der Waals surface area contributed by atoms with E-state index >= 15 is 0 Å². The van der Waals surface area contributed by atoms with E-state index in [0.717, 1.165) is 28.6 Å². The van der Waals surface area contributed by atoms with Crippen LogP contribution in [0.5, 0.6) is 5.75 Å². The summed E-state index contributed by atoms with van der Waals surface area (Å²) in [6.45, 7) is 2.24. The third-order valence-electron chi connectivity index (χ3n) is 4.58. The Balaban J connectivity index is 2.00. The van der Waals surface area contributed by atoms with Gasteiger partial charge in [0.25, 0.3) is 5.91 Å². The maximum atomic E-state index is 14.6. The Bertz CT molecular complexity index is 1150. The van der Waals surface area contributed by atoms with E-state index in [1.807, 2.05) is 35.7 Å². The predicted octanol–water partition coefficient (Wildman–Crippen LogP) is 4.04. The summed E-state index contributed by atoms with van der Waals surface area (Å²) < 4.78 is 47.1. The van der Waals surface area contributed by atoms with Crippen LogP contribution in [-0.4, -0.2) is 32.9 Å². The van der Waals surface area contributed by atoms with E-state index in [1.165, 1.54) is 16.2 Å². The monoisotopic (exact) mass is 462 g/mol. The summed E-state index contributed by atoms with van der Waals surface area (Å²) in [7, 11) is -2.29. The highest BCUT2D eigenvalue weighted by Crippen LogP contribution is 2.24. The molecule has 1 amide bonds. The molecule has 0 saturated heterocycles. The zero-order chi connectivity index (χ0) is 22.4. The highest BCUT2D eigenvalue weighted by atomic mass is 32.2. The first-order valence-corrected chi connectivity index (χ1v) is 11.9. The van der Waals surface area contributed by atoms with E-state index in [1.54, 1.807) is 20.1 Å². The molecule has 0 saturated carbocycles. The number of hydrogen-bond acceptors (Lipinski definition) is 5. The Morgan fingerprint density at radius 2 is 1.90 bits per heavy atom. The van der Waals surface area contributed by atoms with Crippen LogP contribution >= 0.6 is 11.3 Å². The lowest BCUT2D eigenvalue weighted by Gasteiger charge is -2.24. The van der Waals surface area contributed by atoms with E-state index in [9.17, 15) is 17.6 Å². The second kappa shape index (κ2) is 10.0. The number of carbonyl (C=O) groups is 1.